The van der Waals surface area contributed by atoms with E-state index in [0.29, 0.717) is 17.4 Å². The topological polar surface area (TPSA) is 58.6 Å². The highest BCUT2D eigenvalue weighted by Gasteiger charge is 2.59. The first-order valence-corrected chi connectivity index (χ1v) is 16.4. The van der Waals surface area contributed by atoms with Gasteiger partial charge >= 0.3 is 6.09 Å². The van der Waals surface area contributed by atoms with Crippen LogP contribution in [-0.4, -0.2) is 30.5 Å². The van der Waals surface area contributed by atoms with Crippen LogP contribution in [0.25, 0.3) is 0 Å². The minimum absolute atomic E-state index is 0.0247. The third kappa shape index (κ3) is 6.47. The molecule has 0 spiro atoms. The number of fused-ring (bicyclic) bond motifs is 5. The molecule has 0 saturated heterocycles. The summed E-state index contributed by atoms with van der Waals surface area (Å²) in [4.78, 5) is 12.4. The van der Waals surface area contributed by atoms with Crippen molar-refractivity contribution in [2.75, 3.05) is 13.2 Å². The zero-order valence-corrected chi connectivity index (χ0v) is 25.4. The Morgan fingerprint density at radius 1 is 1.00 bits per heavy atom. The Kier molecular flexibility index (Phi) is 10.3. The van der Waals surface area contributed by atoms with Gasteiger partial charge in [0.15, 0.2) is 0 Å². The van der Waals surface area contributed by atoms with Gasteiger partial charge in [0, 0.05) is 19.6 Å². The molecule has 4 rings (SSSR count). The third-order valence-corrected chi connectivity index (χ3v) is 11.9. The molecule has 1 amide bonds. The van der Waals surface area contributed by atoms with Crippen molar-refractivity contribution in [1.29, 1.82) is 0 Å². The Balaban J connectivity index is 1.31. The highest BCUT2D eigenvalue weighted by atomic mass is 16.6. The zero-order valence-electron chi connectivity index (χ0n) is 25.4. The summed E-state index contributed by atoms with van der Waals surface area (Å²) in [5.41, 5.74) is 2.43. The molecule has 0 aromatic carbocycles. The van der Waals surface area contributed by atoms with Gasteiger partial charge in [0.2, 0.25) is 0 Å². The van der Waals surface area contributed by atoms with E-state index >= 15 is 0 Å². The number of aliphatic hydroxyl groups is 1. The standard InChI is InChI=1S/C34H59NO3/c1-24(2)11-10-12-25(3)29-15-16-30-28-14-13-26-23-27(38-32(37)35-21-8-6-7-9-22-36)17-19-33(26,4)31(28)18-20-34(29,30)5/h13,24-25,27-31,36H,6-12,14-23H2,1-5H3,(H,35,37)/t25-,27+,28+,29-,30+,31+,33+,34-/m1/s1. The van der Waals surface area contributed by atoms with Gasteiger partial charge in [0.1, 0.15) is 6.10 Å². The van der Waals surface area contributed by atoms with Crippen molar-refractivity contribution in [3.05, 3.63) is 11.6 Å². The molecule has 0 aromatic heterocycles. The maximum atomic E-state index is 12.4. The summed E-state index contributed by atoms with van der Waals surface area (Å²) in [6.45, 7) is 13.5. The van der Waals surface area contributed by atoms with Crippen LogP contribution in [-0.2, 0) is 4.74 Å². The van der Waals surface area contributed by atoms with Gasteiger partial charge in [0.25, 0.3) is 0 Å². The Labute approximate surface area is 234 Å². The molecule has 4 nitrogen and oxygen atoms in total. The second-order valence-electron chi connectivity index (χ2n) is 14.6. The van der Waals surface area contributed by atoms with Gasteiger partial charge in [-0.2, -0.15) is 0 Å². The van der Waals surface area contributed by atoms with Gasteiger partial charge in [0.05, 0.1) is 0 Å². The number of carbonyl (C=O) groups is 1. The fraction of sp³-hybridized carbons (Fsp3) is 0.912. The highest BCUT2D eigenvalue weighted by molar-refractivity contribution is 5.67. The number of unbranched alkanes of at least 4 members (excludes halogenated alkanes) is 3. The van der Waals surface area contributed by atoms with E-state index in [0.717, 1.165) is 80.5 Å². The van der Waals surface area contributed by atoms with Gasteiger partial charge in [-0.25, -0.2) is 4.79 Å². The summed E-state index contributed by atoms with van der Waals surface area (Å²) in [6.07, 6.45) is 20.5. The first kappa shape index (κ1) is 29.9. The largest absolute Gasteiger partial charge is 0.446 e. The molecule has 0 heterocycles. The number of allylic oxidation sites excluding steroid dienone is 1. The Bertz CT molecular complexity index is 808. The van der Waals surface area contributed by atoms with Crippen LogP contribution in [0, 0.1) is 46.3 Å². The van der Waals surface area contributed by atoms with Gasteiger partial charge in [-0.05, 0) is 104 Å². The average Bonchev–Trinajstić information content (AvgIpc) is 3.23. The van der Waals surface area contributed by atoms with Crippen molar-refractivity contribution >= 4 is 6.09 Å². The minimum Gasteiger partial charge on any atom is -0.446 e. The van der Waals surface area contributed by atoms with Crippen LogP contribution < -0.4 is 5.32 Å². The maximum Gasteiger partial charge on any atom is 0.407 e. The molecule has 4 aliphatic carbocycles. The van der Waals surface area contributed by atoms with Crippen LogP contribution in [0.2, 0.25) is 0 Å². The van der Waals surface area contributed by atoms with Crippen LogP contribution >= 0.6 is 0 Å². The predicted molar refractivity (Wildman–Crippen MR) is 157 cm³/mol. The first-order valence-electron chi connectivity index (χ1n) is 16.4. The van der Waals surface area contributed by atoms with Gasteiger partial charge in [-0.3, -0.25) is 0 Å². The molecule has 218 valence electrons. The molecule has 0 unspecified atom stereocenters. The Morgan fingerprint density at radius 3 is 2.55 bits per heavy atom. The van der Waals surface area contributed by atoms with Crippen molar-refractivity contribution in [3.8, 4) is 0 Å². The number of amides is 1. The molecule has 4 heteroatoms. The number of hydrogen-bond acceptors (Lipinski definition) is 3. The zero-order chi connectivity index (χ0) is 27.3. The van der Waals surface area contributed by atoms with Gasteiger partial charge in [-0.15, -0.1) is 0 Å². The summed E-state index contributed by atoms with van der Waals surface area (Å²) in [5.74, 6) is 5.16. The maximum absolute atomic E-state index is 12.4. The molecule has 3 saturated carbocycles. The molecule has 0 aromatic rings. The third-order valence-electron chi connectivity index (χ3n) is 11.9. The number of carbonyl (C=O) groups excluding carboxylic acids is 1. The Hall–Kier alpha value is -1.03. The molecule has 38 heavy (non-hydrogen) atoms. The minimum atomic E-state index is -0.247. The molecule has 3 fully saturated rings. The van der Waals surface area contributed by atoms with E-state index in [1.165, 1.54) is 51.4 Å². The van der Waals surface area contributed by atoms with Gasteiger partial charge in [-0.1, -0.05) is 78.4 Å². The van der Waals surface area contributed by atoms with Crippen LogP contribution in [0.15, 0.2) is 11.6 Å². The number of rotatable bonds is 12. The molecular weight excluding hydrogens is 470 g/mol. The van der Waals surface area contributed by atoms with Crippen molar-refractivity contribution in [1.82, 2.24) is 5.32 Å². The van der Waals surface area contributed by atoms with Crippen molar-refractivity contribution in [2.45, 2.75) is 137 Å². The summed E-state index contributed by atoms with van der Waals surface area (Å²) in [7, 11) is 0. The molecule has 8 atom stereocenters. The number of aliphatic hydroxyl groups excluding tert-OH is 1. The van der Waals surface area contributed by atoms with E-state index < -0.39 is 0 Å². The van der Waals surface area contributed by atoms with Crippen molar-refractivity contribution in [2.24, 2.45) is 46.3 Å². The lowest BCUT2D eigenvalue weighted by Gasteiger charge is -2.58. The summed E-state index contributed by atoms with van der Waals surface area (Å²) < 4.78 is 5.89. The van der Waals surface area contributed by atoms with Crippen molar-refractivity contribution in [3.63, 3.8) is 0 Å². The molecule has 0 bridgehead atoms. The van der Waals surface area contributed by atoms with Gasteiger partial charge < -0.3 is 15.2 Å². The molecule has 2 N–H and O–H groups in total. The monoisotopic (exact) mass is 529 g/mol. The molecule has 4 aliphatic rings. The van der Waals surface area contributed by atoms with Crippen LogP contribution in [0.4, 0.5) is 4.79 Å². The fourth-order valence-corrected chi connectivity index (χ4v) is 9.73. The number of ether oxygens (including phenoxy) is 1. The predicted octanol–water partition coefficient (Wildman–Crippen LogP) is 8.68. The lowest BCUT2D eigenvalue weighted by Crippen LogP contribution is -2.51. The number of alkyl carbamates (subject to hydrolysis) is 1. The van der Waals surface area contributed by atoms with Crippen LogP contribution in [0.3, 0.4) is 0 Å². The quantitative estimate of drug-likeness (QED) is 0.196. The SMILES string of the molecule is CC(C)CCC[C@@H](C)[C@H]1CC[C@H]2[C@@H]3CC=C4C[C@@H](OC(=O)NCCCCCCO)CC[C@]4(C)[C@H]3CC[C@]12C. The first-order chi connectivity index (χ1) is 18.2. The van der Waals surface area contributed by atoms with Crippen LogP contribution in [0.1, 0.15) is 131 Å². The second kappa shape index (κ2) is 13.1. The average molecular weight is 530 g/mol. The lowest BCUT2D eigenvalue weighted by atomic mass is 9.47. The highest BCUT2D eigenvalue weighted by Crippen LogP contribution is 2.67. The molecule has 0 radical (unpaired) electrons. The summed E-state index contributed by atoms with van der Waals surface area (Å²) in [5, 5.41) is 11.8. The van der Waals surface area contributed by atoms with E-state index in [9.17, 15) is 4.79 Å². The summed E-state index contributed by atoms with van der Waals surface area (Å²) in [6, 6.07) is 0. The Morgan fingerprint density at radius 2 is 1.79 bits per heavy atom. The van der Waals surface area contributed by atoms with E-state index in [1.807, 2.05) is 0 Å². The smallest absolute Gasteiger partial charge is 0.407 e. The molecular formula is C34H59NO3. The van der Waals surface area contributed by atoms with E-state index in [2.05, 4.69) is 46.0 Å². The fourth-order valence-electron chi connectivity index (χ4n) is 9.73. The lowest BCUT2D eigenvalue weighted by molar-refractivity contribution is -0.0581. The number of hydrogen-bond donors (Lipinski definition) is 2. The summed E-state index contributed by atoms with van der Waals surface area (Å²) >= 11 is 0. The van der Waals surface area contributed by atoms with E-state index in [4.69, 9.17) is 9.84 Å². The van der Waals surface area contributed by atoms with E-state index in [-0.39, 0.29) is 18.8 Å². The normalized spacial score (nSPS) is 37.1. The number of nitrogens with one attached hydrogen (secondary N) is 1. The molecule has 0 aliphatic heterocycles. The van der Waals surface area contributed by atoms with Crippen LogP contribution in [0.5, 0.6) is 0 Å². The second-order valence-corrected chi connectivity index (χ2v) is 14.6. The van der Waals surface area contributed by atoms with E-state index in [1.54, 1.807) is 5.57 Å². The van der Waals surface area contributed by atoms with Crippen molar-refractivity contribution < 1.29 is 14.6 Å².